The van der Waals surface area contributed by atoms with Crippen LogP contribution in [-0.4, -0.2) is 29.9 Å². The van der Waals surface area contributed by atoms with Gasteiger partial charge in [-0.05, 0) is 29.8 Å². The van der Waals surface area contributed by atoms with E-state index >= 15 is 0 Å². The van der Waals surface area contributed by atoms with Crippen LogP contribution in [0.1, 0.15) is 15.9 Å². The molecule has 3 N–H and O–H groups in total. The van der Waals surface area contributed by atoms with E-state index in [1.165, 1.54) is 37.7 Å². The van der Waals surface area contributed by atoms with Crippen molar-refractivity contribution in [3.05, 3.63) is 70.3 Å². The summed E-state index contributed by atoms with van der Waals surface area (Å²) in [6, 6.07) is 8.32. The van der Waals surface area contributed by atoms with Crippen LogP contribution in [0.2, 0.25) is 0 Å². The number of rotatable bonds is 6. The summed E-state index contributed by atoms with van der Waals surface area (Å²) in [5, 5.41) is 3.21. The standard InChI is InChI=1S/C19H17N3O5/c1-26-13-2-3-14-12(9-17(23)27-16(14)10-13)8-15(18(20)24)22-19(25)11-4-6-21-7-5-11/h2-7,9-10,15H,8H2,1H3,(H2,20,24)(H,22,25)/t15-/m1/s1. The Bertz CT molecular complexity index is 1050. The molecule has 0 aliphatic heterocycles. The number of carbonyl (C=O) groups excluding carboxylic acids is 2. The average Bonchev–Trinajstić information content (AvgIpc) is 2.67. The Morgan fingerprint density at radius 1 is 1.22 bits per heavy atom. The lowest BCUT2D eigenvalue weighted by atomic mass is 10.0. The molecule has 0 spiro atoms. The van der Waals surface area contributed by atoms with Crippen LogP contribution in [0.15, 0.2) is 58.0 Å². The van der Waals surface area contributed by atoms with Crippen LogP contribution in [-0.2, 0) is 11.2 Å². The zero-order chi connectivity index (χ0) is 19.4. The van der Waals surface area contributed by atoms with E-state index in [9.17, 15) is 14.4 Å². The number of hydrogen-bond acceptors (Lipinski definition) is 6. The van der Waals surface area contributed by atoms with E-state index in [4.69, 9.17) is 14.9 Å². The van der Waals surface area contributed by atoms with Crippen molar-refractivity contribution in [3.8, 4) is 5.75 Å². The molecule has 8 nitrogen and oxygen atoms in total. The van der Waals surface area contributed by atoms with Gasteiger partial charge in [0, 0.05) is 41.9 Å². The smallest absolute Gasteiger partial charge is 0.336 e. The molecule has 3 rings (SSSR count). The Morgan fingerprint density at radius 2 is 1.96 bits per heavy atom. The molecule has 0 aliphatic rings. The fraction of sp³-hybridized carbons (Fsp3) is 0.158. The Kier molecular flexibility index (Phi) is 5.16. The van der Waals surface area contributed by atoms with Gasteiger partial charge in [-0.3, -0.25) is 14.6 Å². The van der Waals surface area contributed by atoms with Gasteiger partial charge in [0.2, 0.25) is 5.91 Å². The van der Waals surface area contributed by atoms with Crippen molar-refractivity contribution in [3.63, 3.8) is 0 Å². The number of nitrogens with zero attached hydrogens (tertiary/aromatic N) is 1. The fourth-order valence-electron chi connectivity index (χ4n) is 2.69. The highest BCUT2D eigenvalue weighted by Crippen LogP contribution is 2.23. The van der Waals surface area contributed by atoms with E-state index in [1.54, 1.807) is 18.2 Å². The molecule has 138 valence electrons. The largest absolute Gasteiger partial charge is 0.497 e. The van der Waals surface area contributed by atoms with Crippen LogP contribution >= 0.6 is 0 Å². The second kappa shape index (κ2) is 7.69. The summed E-state index contributed by atoms with van der Waals surface area (Å²) >= 11 is 0. The predicted octanol–water partition coefficient (Wildman–Crippen LogP) is 1.02. The first-order valence-corrected chi connectivity index (χ1v) is 8.09. The minimum atomic E-state index is -1.00. The molecule has 0 unspecified atom stereocenters. The molecule has 1 aromatic carbocycles. The highest BCUT2D eigenvalue weighted by molar-refractivity contribution is 5.97. The Balaban J connectivity index is 1.92. The molecular weight excluding hydrogens is 350 g/mol. The summed E-state index contributed by atoms with van der Waals surface area (Å²) in [5.41, 5.74) is 6.07. The number of carbonyl (C=O) groups is 2. The summed E-state index contributed by atoms with van der Waals surface area (Å²) in [4.78, 5) is 39.9. The maximum atomic E-state index is 12.3. The van der Waals surface area contributed by atoms with E-state index in [0.717, 1.165) is 0 Å². The molecule has 2 amide bonds. The maximum Gasteiger partial charge on any atom is 0.336 e. The molecule has 2 heterocycles. The first kappa shape index (κ1) is 18.1. The van der Waals surface area contributed by atoms with E-state index < -0.39 is 23.5 Å². The summed E-state index contributed by atoms with van der Waals surface area (Å²) in [7, 11) is 1.50. The monoisotopic (exact) mass is 367 g/mol. The third-order valence-corrected chi connectivity index (χ3v) is 4.05. The van der Waals surface area contributed by atoms with Gasteiger partial charge in [0.25, 0.3) is 5.91 Å². The Hall–Kier alpha value is -3.68. The molecule has 0 saturated carbocycles. The average molecular weight is 367 g/mol. The van der Waals surface area contributed by atoms with Gasteiger partial charge in [0.05, 0.1) is 7.11 Å². The van der Waals surface area contributed by atoms with Crippen molar-refractivity contribution in [1.82, 2.24) is 10.3 Å². The van der Waals surface area contributed by atoms with Gasteiger partial charge in [-0.2, -0.15) is 0 Å². The Labute approximate surface area is 154 Å². The normalized spacial score (nSPS) is 11.7. The van der Waals surface area contributed by atoms with Crippen molar-refractivity contribution in [2.45, 2.75) is 12.5 Å². The van der Waals surface area contributed by atoms with Gasteiger partial charge in [0.15, 0.2) is 0 Å². The van der Waals surface area contributed by atoms with Crippen LogP contribution in [0.25, 0.3) is 11.0 Å². The van der Waals surface area contributed by atoms with E-state index in [0.29, 0.717) is 27.8 Å². The molecule has 0 fully saturated rings. The van der Waals surface area contributed by atoms with Gasteiger partial charge in [-0.15, -0.1) is 0 Å². The fourth-order valence-corrected chi connectivity index (χ4v) is 2.69. The van der Waals surface area contributed by atoms with Crippen LogP contribution in [0, 0.1) is 0 Å². The van der Waals surface area contributed by atoms with E-state index in [2.05, 4.69) is 10.3 Å². The first-order valence-electron chi connectivity index (χ1n) is 8.09. The number of hydrogen-bond donors (Lipinski definition) is 2. The highest BCUT2D eigenvalue weighted by Gasteiger charge is 2.21. The van der Waals surface area contributed by atoms with Crippen LogP contribution in [0.3, 0.4) is 0 Å². The predicted molar refractivity (Wildman–Crippen MR) is 97.4 cm³/mol. The van der Waals surface area contributed by atoms with Crippen molar-refractivity contribution in [1.29, 1.82) is 0 Å². The second-order valence-electron chi connectivity index (χ2n) is 5.82. The number of nitrogens with two attached hydrogens (primary N) is 1. The molecular formula is C19H17N3O5. The molecule has 8 heteroatoms. The van der Waals surface area contributed by atoms with E-state index in [1.807, 2.05) is 0 Å². The Morgan fingerprint density at radius 3 is 2.63 bits per heavy atom. The summed E-state index contributed by atoms with van der Waals surface area (Å²) in [6.07, 6.45) is 2.98. The third kappa shape index (κ3) is 4.12. The number of primary amides is 1. The highest BCUT2D eigenvalue weighted by atomic mass is 16.5. The molecule has 0 bridgehead atoms. The topological polar surface area (TPSA) is 125 Å². The number of methoxy groups -OCH3 is 1. The number of amides is 2. The lowest BCUT2D eigenvalue weighted by Crippen LogP contribution is -2.46. The summed E-state index contributed by atoms with van der Waals surface area (Å²) < 4.78 is 10.3. The van der Waals surface area contributed by atoms with Crippen LogP contribution in [0.5, 0.6) is 5.75 Å². The van der Waals surface area contributed by atoms with Crippen molar-refractivity contribution >= 4 is 22.8 Å². The maximum absolute atomic E-state index is 12.3. The SMILES string of the molecule is COc1ccc2c(C[C@@H](NC(=O)c3ccncc3)C(N)=O)cc(=O)oc2c1. The van der Waals surface area contributed by atoms with Crippen LogP contribution in [0.4, 0.5) is 0 Å². The van der Waals surface area contributed by atoms with Gasteiger partial charge in [-0.25, -0.2) is 4.79 Å². The summed E-state index contributed by atoms with van der Waals surface area (Å²) in [6.45, 7) is 0. The molecule has 1 atom stereocenters. The zero-order valence-corrected chi connectivity index (χ0v) is 14.5. The van der Waals surface area contributed by atoms with Crippen molar-refractivity contribution < 1.29 is 18.7 Å². The number of benzene rings is 1. The van der Waals surface area contributed by atoms with Crippen molar-refractivity contribution in [2.75, 3.05) is 7.11 Å². The molecule has 2 aromatic heterocycles. The van der Waals surface area contributed by atoms with Gasteiger partial charge < -0.3 is 20.2 Å². The lowest BCUT2D eigenvalue weighted by Gasteiger charge is -2.16. The number of fused-ring (bicyclic) bond motifs is 1. The molecule has 0 saturated heterocycles. The molecule has 3 aromatic rings. The third-order valence-electron chi connectivity index (χ3n) is 4.05. The molecule has 27 heavy (non-hydrogen) atoms. The van der Waals surface area contributed by atoms with Gasteiger partial charge in [-0.1, -0.05) is 0 Å². The molecule has 0 radical (unpaired) electrons. The van der Waals surface area contributed by atoms with Gasteiger partial charge >= 0.3 is 5.63 Å². The summed E-state index contributed by atoms with van der Waals surface area (Å²) in [5.74, 6) is -0.650. The number of pyridine rings is 1. The number of ether oxygens (including phenoxy) is 1. The second-order valence-corrected chi connectivity index (χ2v) is 5.82. The number of aromatic nitrogens is 1. The zero-order valence-electron chi connectivity index (χ0n) is 14.5. The minimum absolute atomic E-state index is 0.0422. The van der Waals surface area contributed by atoms with Gasteiger partial charge in [0.1, 0.15) is 17.4 Å². The molecule has 0 aliphatic carbocycles. The van der Waals surface area contributed by atoms with Crippen LogP contribution < -0.4 is 21.4 Å². The quantitative estimate of drug-likeness (QED) is 0.627. The van der Waals surface area contributed by atoms with E-state index in [-0.39, 0.29) is 6.42 Å². The minimum Gasteiger partial charge on any atom is -0.497 e. The first-order chi connectivity index (χ1) is 13.0. The van der Waals surface area contributed by atoms with Crippen molar-refractivity contribution in [2.24, 2.45) is 5.73 Å². The number of nitrogens with one attached hydrogen (secondary N) is 1. The lowest BCUT2D eigenvalue weighted by molar-refractivity contribution is -0.119.